The molecule has 1 aliphatic heterocycles. The predicted octanol–water partition coefficient (Wildman–Crippen LogP) is 2.84. The van der Waals surface area contributed by atoms with Crippen LogP contribution in [0.25, 0.3) is 0 Å². The standard InChI is InChI=1S/C20H25NO6/c1-20(2,3)27-17(22)11-15-10-16(18(23)25-4)21(12-15)19(24)26-13-14-8-6-5-7-9-14/h5-9,11,16H,10,12-13H2,1-4H3/b15-11+. The maximum atomic E-state index is 12.5. The second-order valence-electron chi connectivity index (χ2n) is 7.25. The summed E-state index contributed by atoms with van der Waals surface area (Å²) in [5, 5.41) is 0. The molecule has 1 aliphatic rings. The maximum Gasteiger partial charge on any atom is 0.411 e. The van der Waals surface area contributed by atoms with Gasteiger partial charge in [-0.05, 0) is 31.9 Å². The van der Waals surface area contributed by atoms with Gasteiger partial charge in [-0.25, -0.2) is 14.4 Å². The Morgan fingerprint density at radius 1 is 1.19 bits per heavy atom. The van der Waals surface area contributed by atoms with E-state index in [2.05, 4.69) is 0 Å². The summed E-state index contributed by atoms with van der Waals surface area (Å²) in [7, 11) is 1.26. The van der Waals surface area contributed by atoms with Crippen LogP contribution in [0.15, 0.2) is 42.0 Å². The second kappa shape index (κ2) is 8.70. The molecular weight excluding hydrogens is 350 g/mol. The molecule has 146 valence electrons. The maximum absolute atomic E-state index is 12.5. The van der Waals surface area contributed by atoms with E-state index in [1.807, 2.05) is 30.3 Å². The molecule has 1 aromatic rings. The van der Waals surface area contributed by atoms with E-state index < -0.39 is 29.7 Å². The number of amides is 1. The van der Waals surface area contributed by atoms with Crippen molar-refractivity contribution < 1.29 is 28.6 Å². The van der Waals surface area contributed by atoms with Crippen LogP contribution in [0.3, 0.4) is 0 Å². The number of hydrogen-bond donors (Lipinski definition) is 0. The summed E-state index contributed by atoms with van der Waals surface area (Å²) in [5.74, 6) is -1.07. The summed E-state index contributed by atoms with van der Waals surface area (Å²) < 4.78 is 15.3. The monoisotopic (exact) mass is 375 g/mol. The highest BCUT2D eigenvalue weighted by atomic mass is 16.6. The smallest absolute Gasteiger partial charge is 0.411 e. The molecule has 27 heavy (non-hydrogen) atoms. The fourth-order valence-electron chi connectivity index (χ4n) is 2.70. The van der Waals surface area contributed by atoms with Gasteiger partial charge in [0.1, 0.15) is 18.2 Å². The third-order valence-electron chi connectivity index (χ3n) is 3.85. The average Bonchev–Trinajstić information content (AvgIpc) is 3.02. The summed E-state index contributed by atoms with van der Waals surface area (Å²) >= 11 is 0. The van der Waals surface area contributed by atoms with Crippen molar-refractivity contribution >= 4 is 18.0 Å². The summed E-state index contributed by atoms with van der Waals surface area (Å²) in [6.07, 6.45) is 0.889. The van der Waals surface area contributed by atoms with Crippen LogP contribution < -0.4 is 0 Å². The van der Waals surface area contributed by atoms with Gasteiger partial charge in [0.05, 0.1) is 7.11 Å². The van der Waals surface area contributed by atoms with Crippen LogP contribution in [0.4, 0.5) is 4.79 Å². The van der Waals surface area contributed by atoms with Crippen molar-refractivity contribution in [2.24, 2.45) is 0 Å². The zero-order chi connectivity index (χ0) is 20.0. The van der Waals surface area contributed by atoms with E-state index in [9.17, 15) is 14.4 Å². The minimum atomic E-state index is -0.827. The minimum absolute atomic E-state index is 0.0924. The number of carbonyl (C=O) groups is 3. The molecule has 1 heterocycles. The van der Waals surface area contributed by atoms with Crippen LogP contribution in [0.5, 0.6) is 0 Å². The van der Waals surface area contributed by atoms with Gasteiger partial charge in [0.15, 0.2) is 0 Å². The number of ether oxygens (including phenoxy) is 3. The Morgan fingerprint density at radius 3 is 2.44 bits per heavy atom. The van der Waals surface area contributed by atoms with Crippen LogP contribution in [0.1, 0.15) is 32.8 Å². The van der Waals surface area contributed by atoms with Crippen molar-refractivity contribution in [3.8, 4) is 0 Å². The summed E-state index contributed by atoms with van der Waals surface area (Å²) in [4.78, 5) is 37.8. The molecule has 0 aromatic heterocycles. The highest BCUT2D eigenvalue weighted by Crippen LogP contribution is 2.25. The summed E-state index contributed by atoms with van der Waals surface area (Å²) in [6.45, 7) is 5.50. The van der Waals surface area contributed by atoms with Crippen LogP contribution >= 0.6 is 0 Å². The highest BCUT2D eigenvalue weighted by molar-refractivity contribution is 5.86. The Hall–Kier alpha value is -2.83. The molecule has 0 radical (unpaired) electrons. The van der Waals surface area contributed by atoms with Crippen LogP contribution in [-0.2, 0) is 30.4 Å². The Balaban J connectivity index is 2.07. The molecule has 1 atom stereocenters. The van der Waals surface area contributed by atoms with Gasteiger partial charge in [0.25, 0.3) is 0 Å². The Kier molecular flexibility index (Phi) is 6.60. The lowest BCUT2D eigenvalue weighted by molar-refractivity contribution is -0.148. The first kappa shape index (κ1) is 20.5. The van der Waals surface area contributed by atoms with Gasteiger partial charge < -0.3 is 14.2 Å². The van der Waals surface area contributed by atoms with E-state index in [0.717, 1.165) is 5.56 Å². The molecule has 0 N–H and O–H groups in total. The van der Waals surface area contributed by atoms with E-state index in [4.69, 9.17) is 14.2 Å². The second-order valence-corrected chi connectivity index (χ2v) is 7.25. The number of rotatable bonds is 4. The molecule has 7 nitrogen and oxygen atoms in total. The number of benzene rings is 1. The molecule has 1 fully saturated rings. The first-order valence-electron chi connectivity index (χ1n) is 8.67. The lowest BCUT2D eigenvalue weighted by Gasteiger charge is -2.21. The van der Waals surface area contributed by atoms with E-state index in [1.54, 1.807) is 20.8 Å². The molecule has 1 unspecified atom stereocenters. The molecular formula is C20H25NO6. The molecule has 7 heteroatoms. The molecule has 2 rings (SSSR count). The predicted molar refractivity (Wildman–Crippen MR) is 97.7 cm³/mol. The third-order valence-corrected chi connectivity index (χ3v) is 3.85. The van der Waals surface area contributed by atoms with Crippen LogP contribution in [0.2, 0.25) is 0 Å². The number of carbonyl (C=O) groups excluding carboxylic acids is 3. The molecule has 0 spiro atoms. The first-order chi connectivity index (χ1) is 12.7. The molecule has 1 aromatic carbocycles. The van der Waals surface area contributed by atoms with Gasteiger partial charge >= 0.3 is 18.0 Å². The van der Waals surface area contributed by atoms with Crippen molar-refractivity contribution in [1.29, 1.82) is 0 Å². The van der Waals surface area contributed by atoms with Gasteiger partial charge in [-0.15, -0.1) is 0 Å². The fourth-order valence-corrected chi connectivity index (χ4v) is 2.70. The zero-order valence-corrected chi connectivity index (χ0v) is 16.1. The molecule has 0 saturated carbocycles. The van der Waals surface area contributed by atoms with E-state index >= 15 is 0 Å². The van der Waals surface area contributed by atoms with Crippen molar-refractivity contribution in [2.45, 2.75) is 45.4 Å². The van der Waals surface area contributed by atoms with Gasteiger partial charge in [-0.2, -0.15) is 0 Å². The lowest BCUT2D eigenvalue weighted by atomic mass is 10.1. The highest BCUT2D eigenvalue weighted by Gasteiger charge is 2.39. The van der Waals surface area contributed by atoms with Crippen molar-refractivity contribution in [1.82, 2.24) is 4.90 Å². The molecule has 1 amide bonds. The largest absolute Gasteiger partial charge is 0.467 e. The number of methoxy groups -OCH3 is 1. The number of nitrogens with zero attached hydrogens (tertiary/aromatic N) is 1. The normalized spacial score (nSPS) is 18.3. The zero-order valence-electron chi connectivity index (χ0n) is 16.1. The van der Waals surface area contributed by atoms with Gasteiger partial charge in [0, 0.05) is 19.0 Å². The third kappa shape index (κ3) is 6.13. The fraction of sp³-hybridized carbons (Fsp3) is 0.450. The van der Waals surface area contributed by atoms with Crippen LogP contribution in [-0.4, -0.2) is 48.2 Å². The minimum Gasteiger partial charge on any atom is -0.467 e. The SMILES string of the molecule is COC(=O)C1C/C(=C\C(=O)OC(C)(C)C)CN1C(=O)OCc1ccccc1. The molecule has 0 aliphatic carbocycles. The first-order valence-corrected chi connectivity index (χ1v) is 8.67. The Bertz CT molecular complexity index is 720. The van der Waals surface area contributed by atoms with E-state index in [0.29, 0.717) is 5.57 Å². The van der Waals surface area contributed by atoms with Crippen molar-refractivity contribution in [2.75, 3.05) is 13.7 Å². The lowest BCUT2D eigenvalue weighted by Crippen LogP contribution is -2.41. The quantitative estimate of drug-likeness (QED) is 0.457. The van der Waals surface area contributed by atoms with Gasteiger partial charge in [-0.1, -0.05) is 30.3 Å². The Labute approximate surface area is 158 Å². The van der Waals surface area contributed by atoms with Gasteiger partial charge in [-0.3, -0.25) is 4.90 Å². The van der Waals surface area contributed by atoms with E-state index in [-0.39, 0.29) is 19.6 Å². The number of esters is 2. The number of likely N-dealkylation sites (tertiary alicyclic amines) is 1. The topological polar surface area (TPSA) is 82.1 Å². The van der Waals surface area contributed by atoms with Crippen molar-refractivity contribution in [3.63, 3.8) is 0 Å². The van der Waals surface area contributed by atoms with Gasteiger partial charge in [0.2, 0.25) is 0 Å². The number of hydrogen-bond acceptors (Lipinski definition) is 6. The summed E-state index contributed by atoms with van der Waals surface area (Å²) in [6, 6.07) is 8.40. The van der Waals surface area contributed by atoms with Crippen LogP contribution in [0, 0.1) is 0 Å². The average molecular weight is 375 g/mol. The van der Waals surface area contributed by atoms with E-state index in [1.165, 1.54) is 18.1 Å². The molecule has 1 saturated heterocycles. The Morgan fingerprint density at radius 2 is 1.85 bits per heavy atom. The van der Waals surface area contributed by atoms with Crippen molar-refractivity contribution in [3.05, 3.63) is 47.5 Å². The molecule has 0 bridgehead atoms. The summed E-state index contributed by atoms with van der Waals surface area (Å²) in [5.41, 5.74) is 0.823.